The maximum absolute atomic E-state index is 12.6. The minimum absolute atomic E-state index is 0.109. The molecule has 106 valence electrons. The fraction of sp³-hybridized carbons (Fsp3) is 0.625. The molecule has 0 spiro atoms. The van der Waals surface area contributed by atoms with Crippen molar-refractivity contribution >= 4 is 12.1 Å². The number of amides is 1. The van der Waals surface area contributed by atoms with Crippen LogP contribution in [0.1, 0.15) is 44.2 Å². The van der Waals surface area contributed by atoms with E-state index in [2.05, 4.69) is 15.5 Å². The number of nitrogens with zero attached hydrogens (tertiary/aromatic N) is 1. The minimum atomic E-state index is -0.109. The minimum Gasteiger partial charge on any atom is -0.360 e. The first-order valence-corrected chi connectivity index (χ1v) is 7.70. The number of aromatic amines is 1. The third-order valence-electron chi connectivity index (χ3n) is 5.51. The molecular formula is C16H21N3O. The highest BCUT2D eigenvalue weighted by Crippen LogP contribution is 2.60. The number of rotatable bonds is 3. The zero-order valence-corrected chi connectivity index (χ0v) is 11.6. The number of nitrogens with one attached hydrogen (secondary N) is 2. The van der Waals surface area contributed by atoms with Crippen LogP contribution in [0.3, 0.4) is 0 Å². The summed E-state index contributed by atoms with van der Waals surface area (Å²) in [4.78, 5) is 15.6. The summed E-state index contributed by atoms with van der Waals surface area (Å²) in [5.41, 5.74) is 3.59. The van der Waals surface area contributed by atoms with Gasteiger partial charge < -0.3 is 4.98 Å². The van der Waals surface area contributed by atoms with Gasteiger partial charge in [-0.1, -0.05) is 0 Å². The van der Waals surface area contributed by atoms with E-state index in [4.69, 9.17) is 0 Å². The van der Waals surface area contributed by atoms with Crippen molar-refractivity contribution in [3.63, 3.8) is 0 Å². The molecule has 0 aliphatic heterocycles. The smallest absolute Gasteiger partial charge is 0.246 e. The SMILES string of the molecule is O=C(NN=Cc1ccc[nH]1)C12CC3CC(CC(C3)C1)C2. The van der Waals surface area contributed by atoms with Crippen LogP contribution in [0.4, 0.5) is 0 Å². The van der Waals surface area contributed by atoms with Gasteiger partial charge >= 0.3 is 0 Å². The molecule has 0 aromatic carbocycles. The lowest BCUT2D eigenvalue weighted by molar-refractivity contribution is -0.146. The Morgan fingerprint density at radius 3 is 2.45 bits per heavy atom. The van der Waals surface area contributed by atoms with Gasteiger partial charge in [0.15, 0.2) is 0 Å². The molecule has 4 aliphatic carbocycles. The second kappa shape index (κ2) is 4.47. The predicted octanol–water partition coefficient (Wildman–Crippen LogP) is 2.68. The molecule has 0 unspecified atom stereocenters. The monoisotopic (exact) mass is 271 g/mol. The Bertz CT molecular complexity index is 497. The average molecular weight is 271 g/mol. The largest absolute Gasteiger partial charge is 0.360 e. The first-order chi connectivity index (χ1) is 9.73. The van der Waals surface area contributed by atoms with Gasteiger partial charge in [0.05, 0.1) is 17.3 Å². The Labute approximate surface area is 119 Å². The van der Waals surface area contributed by atoms with Gasteiger partial charge in [0.25, 0.3) is 0 Å². The van der Waals surface area contributed by atoms with Crippen molar-refractivity contribution in [2.24, 2.45) is 28.3 Å². The highest BCUT2D eigenvalue weighted by Gasteiger charge is 2.54. The van der Waals surface area contributed by atoms with Crippen LogP contribution >= 0.6 is 0 Å². The first kappa shape index (κ1) is 12.2. The van der Waals surface area contributed by atoms with Crippen molar-refractivity contribution < 1.29 is 4.79 Å². The highest BCUT2D eigenvalue weighted by molar-refractivity contribution is 5.85. The van der Waals surface area contributed by atoms with Gasteiger partial charge in [-0.3, -0.25) is 4.79 Å². The van der Waals surface area contributed by atoms with Crippen LogP contribution in [0.2, 0.25) is 0 Å². The first-order valence-electron chi connectivity index (χ1n) is 7.70. The van der Waals surface area contributed by atoms with Gasteiger partial charge in [-0.05, 0) is 68.4 Å². The fourth-order valence-electron chi connectivity index (χ4n) is 5.09. The molecule has 1 aromatic rings. The molecule has 2 N–H and O–H groups in total. The molecular weight excluding hydrogens is 250 g/mol. The molecule has 0 radical (unpaired) electrons. The Morgan fingerprint density at radius 2 is 1.90 bits per heavy atom. The third kappa shape index (κ3) is 1.98. The number of carbonyl (C=O) groups is 1. The van der Waals surface area contributed by atoms with Gasteiger partial charge in [-0.25, -0.2) is 5.43 Å². The summed E-state index contributed by atoms with van der Waals surface area (Å²) in [6.07, 6.45) is 10.9. The molecule has 0 atom stereocenters. The van der Waals surface area contributed by atoms with Crippen molar-refractivity contribution in [3.05, 3.63) is 24.0 Å². The Hall–Kier alpha value is -1.58. The molecule has 5 rings (SSSR count). The molecule has 4 aliphatic rings. The van der Waals surface area contributed by atoms with Crippen LogP contribution in [-0.2, 0) is 4.79 Å². The van der Waals surface area contributed by atoms with Crippen LogP contribution in [0, 0.1) is 23.2 Å². The zero-order valence-electron chi connectivity index (χ0n) is 11.6. The maximum Gasteiger partial charge on any atom is 0.246 e. The lowest BCUT2D eigenvalue weighted by Crippen LogP contribution is -2.52. The molecule has 4 nitrogen and oxygen atoms in total. The van der Waals surface area contributed by atoms with Crippen LogP contribution < -0.4 is 5.43 Å². The molecule has 4 bridgehead atoms. The third-order valence-corrected chi connectivity index (χ3v) is 5.51. The second-order valence-electron chi connectivity index (χ2n) is 7.02. The van der Waals surface area contributed by atoms with Crippen LogP contribution in [0.25, 0.3) is 0 Å². The fourth-order valence-corrected chi connectivity index (χ4v) is 5.09. The van der Waals surface area contributed by atoms with Gasteiger partial charge in [-0.15, -0.1) is 0 Å². The molecule has 0 saturated heterocycles. The summed E-state index contributed by atoms with van der Waals surface area (Å²) in [5, 5.41) is 4.12. The van der Waals surface area contributed by atoms with E-state index in [1.807, 2.05) is 18.3 Å². The van der Waals surface area contributed by atoms with Crippen LogP contribution in [-0.4, -0.2) is 17.1 Å². The van der Waals surface area contributed by atoms with E-state index in [1.54, 1.807) is 6.21 Å². The lowest BCUT2D eigenvalue weighted by atomic mass is 9.49. The second-order valence-corrected chi connectivity index (χ2v) is 7.02. The quantitative estimate of drug-likeness (QED) is 0.644. The summed E-state index contributed by atoms with van der Waals surface area (Å²) >= 11 is 0. The van der Waals surface area contributed by atoms with Gasteiger partial charge in [0.1, 0.15) is 0 Å². The predicted molar refractivity (Wildman–Crippen MR) is 77.1 cm³/mol. The molecule has 4 saturated carbocycles. The summed E-state index contributed by atoms with van der Waals surface area (Å²) in [6.45, 7) is 0. The molecule has 1 heterocycles. The van der Waals surface area contributed by atoms with E-state index in [9.17, 15) is 4.79 Å². The van der Waals surface area contributed by atoms with E-state index in [1.165, 1.54) is 19.3 Å². The molecule has 4 fully saturated rings. The number of hydrogen-bond donors (Lipinski definition) is 2. The van der Waals surface area contributed by atoms with E-state index in [-0.39, 0.29) is 11.3 Å². The van der Waals surface area contributed by atoms with Gasteiger partial charge in [-0.2, -0.15) is 5.10 Å². The Morgan fingerprint density at radius 1 is 1.25 bits per heavy atom. The molecule has 1 amide bonds. The number of aromatic nitrogens is 1. The summed E-state index contributed by atoms with van der Waals surface area (Å²) in [6, 6.07) is 3.85. The van der Waals surface area contributed by atoms with E-state index in [0.29, 0.717) is 0 Å². The van der Waals surface area contributed by atoms with Crippen molar-refractivity contribution in [1.29, 1.82) is 0 Å². The molecule has 4 heteroatoms. The summed E-state index contributed by atoms with van der Waals surface area (Å²) in [7, 11) is 0. The summed E-state index contributed by atoms with van der Waals surface area (Å²) < 4.78 is 0. The number of H-pyrrole nitrogens is 1. The Balaban J connectivity index is 1.45. The lowest BCUT2D eigenvalue weighted by Gasteiger charge is -2.55. The maximum atomic E-state index is 12.6. The number of carbonyl (C=O) groups excluding carboxylic acids is 1. The van der Waals surface area contributed by atoms with E-state index in [0.717, 1.165) is 42.7 Å². The standard InChI is InChI=1S/C16H21N3O/c20-15(19-18-10-14-2-1-3-17-14)16-7-11-4-12(8-16)6-13(5-11)9-16/h1-3,10-13,17H,4-9H2,(H,19,20). The molecule has 20 heavy (non-hydrogen) atoms. The van der Waals surface area contributed by atoms with Crippen molar-refractivity contribution in [1.82, 2.24) is 10.4 Å². The zero-order chi connectivity index (χ0) is 13.6. The van der Waals surface area contributed by atoms with Gasteiger partial charge in [0.2, 0.25) is 5.91 Å². The summed E-state index contributed by atoms with van der Waals surface area (Å²) in [5.74, 6) is 2.53. The van der Waals surface area contributed by atoms with Crippen molar-refractivity contribution in [2.45, 2.75) is 38.5 Å². The highest BCUT2D eigenvalue weighted by atomic mass is 16.2. The van der Waals surface area contributed by atoms with Gasteiger partial charge in [0, 0.05) is 6.20 Å². The Kier molecular flexibility index (Phi) is 2.72. The van der Waals surface area contributed by atoms with E-state index < -0.39 is 0 Å². The topological polar surface area (TPSA) is 57.2 Å². The van der Waals surface area contributed by atoms with E-state index >= 15 is 0 Å². The number of hydrogen-bond acceptors (Lipinski definition) is 2. The average Bonchev–Trinajstić information content (AvgIpc) is 2.90. The van der Waals surface area contributed by atoms with Crippen LogP contribution in [0.15, 0.2) is 23.4 Å². The van der Waals surface area contributed by atoms with Crippen LogP contribution in [0.5, 0.6) is 0 Å². The number of hydrazone groups is 1. The molecule has 1 aromatic heterocycles. The normalized spacial score (nSPS) is 38.5. The van der Waals surface area contributed by atoms with Crippen molar-refractivity contribution in [3.8, 4) is 0 Å². The van der Waals surface area contributed by atoms with Crippen molar-refractivity contribution in [2.75, 3.05) is 0 Å².